The van der Waals surface area contributed by atoms with Crippen molar-refractivity contribution < 1.29 is 14.3 Å². The van der Waals surface area contributed by atoms with E-state index in [1.807, 2.05) is 18.2 Å². The fourth-order valence-corrected chi connectivity index (χ4v) is 5.81. The molecule has 3 heterocycles. The van der Waals surface area contributed by atoms with Crippen molar-refractivity contribution in [3.05, 3.63) is 80.5 Å². The summed E-state index contributed by atoms with van der Waals surface area (Å²) < 4.78 is 5.68. The number of carbonyl (C=O) groups excluding carboxylic acids is 2. The molecule has 2 aliphatic rings. The molecule has 0 bridgehead atoms. The number of nitrogens with zero attached hydrogens (tertiary/aromatic N) is 4. The third-order valence-corrected chi connectivity index (χ3v) is 8.04. The lowest BCUT2D eigenvalue weighted by molar-refractivity contribution is -0.136. The number of likely N-dealkylation sites (tertiary alicyclic amines) is 1. The van der Waals surface area contributed by atoms with Gasteiger partial charge in [-0.3, -0.25) is 14.4 Å². The highest BCUT2D eigenvalue weighted by Gasteiger charge is 2.52. The standard InChI is InChI=1S/C29H29ClN6O4/c1-17-13-24(28(39)35-34-17)40-23-9-7-21(33-18(23)2)27(38)32-15-26(37)36-22(19-5-3-6-20(30)14-19)8-10-25(36)29(16-31)11-4-12-29/h3,5-7,9,13-14,22,25H,4,8,10-12,15H2,1-2H3,(H,32,38)(H,35,39). The molecule has 40 heavy (non-hydrogen) atoms. The van der Waals surface area contributed by atoms with Crippen LogP contribution >= 0.6 is 11.6 Å². The molecule has 2 aromatic heterocycles. The first-order valence-corrected chi connectivity index (χ1v) is 13.6. The summed E-state index contributed by atoms with van der Waals surface area (Å²) in [5, 5.41) is 19.5. The van der Waals surface area contributed by atoms with E-state index in [9.17, 15) is 19.6 Å². The van der Waals surface area contributed by atoms with Crippen molar-refractivity contribution in [2.24, 2.45) is 5.41 Å². The number of H-pyrrole nitrogens is 1. The minimum Gasteiger partial charge on any atom is -0.450 e. The van der Waals surface area contributed by atoms with Crippen LogP contribution < -0.4 is 15.6 Å². The first kappa shape index (κ1) is 27.3. The highest BCUT2D eigenvalue weighted by atomic mass is 35.5. The van der Waals surface area contributed by atoms with Gasteiger partial charge in [-0.05, 0) is 69.4 Å². The number of nitrogens with one attached hydrogen (secondary N) is 2. The second-order valence-electron chi connectivity index (χ2n) is 10.4. The number of hydrogen-bond donors (Lipinski definition) is 2. The van der Waals surface area contributed by atoms with E-state index in [1.54, 1.807) is 30.9 Å². The number of pyridine rings is 1. The number of hydrogen-bond acceptors (Lipinski definition) is 7. The smallest absolute Gasteiger partial charge is 0.307 e. The lowest BCUT2D eigenvalue weighted by Crippen LogP contribution is -2.52. The molecule has 1 aromatic carbocycles. The zero-order valence-electron chi connectivity index (χ0n) is 22.2. The fourth-order valence-electron chi connectivity index (χ4n) is 5.62. The molecule has 1 saturated heterocycles. The van der Waals surface area contributed by atoms with E-state index >= 15 is 0 Å². The summed E-state index contributed by atoms with van der Waals surface area (Å²) in [6.45, 7) is 3.14. The Morgan fingerprint density at radius 1 is 1.20 bits per heavy atom. The van der Waals surface area contributed by atoms with E-state index in [0.717, 1.165) is 31.2 Å². The molecule has 1 aliphatic carbocycles. The van der Waals surface area contributed by atoms with Gasteiger partial charge in [0.25, 0.3) is 5.91 Å². The number of aromatic amines is 1. The third-order valence-electron chi connectivity index (χ3n) is 7.80. The van der Waals surface area contributed by atoms with Gasteiger partial charge in [-0.15, -0.1) is 0 Å². The highest BCUT2D eigenvalue weighted by molar-refractivity contribution is 6.30. The maximum absolute atomic E-state index is 13.6. The Bertz CT molecular complexity index is 1560. The van der Waals surface area contributed by atoms with Gasteiger partial charge < -0.3 is 15.0 Å². The van der Waals surface area contributed by atoms with Gasteiger partial charge in [0.05, 0.1) is 41.5 Å². The SMILES string of the molecule is Cc1cc(Oc2ccc(C(=O)NCC(=O)N3C(c4cccc(Cl)c4)CCC3C3(C#N)CCC3)nc2C)c(=O)[nH]n1. The molecule has 2 atom stereocenters. The Morgan fingerprint density at radius 3 is 2.67 bits per heavy atom. The van der Waals surface area contributed by atoms with Crippen LogP contribution in [0.4, 0.5) is 0 Å². The Kier molecular flexibility index (Phi) is 7.59. The van der Waals surface area contributed by atoms with Gasteiger partial charge in [0, 0.05) is 11.1 Å². The summed E-state index contributed by atoms with van der Waals surface area (Å²) in [7, 11) is 0. The Hall–Kier alpha value is -4.23. The van der Waals surface area contributed by atoms with Crippen LogP contribution in [0.1, 0.15) is 65.6 Å². The molecular formula is C29H29ClN6O4. The van der Waals surface area contributed by atoms with Crippen molar-refractivity contribution in [1.29, 1.82) is 5.26 Å². The topological polar surface area (TPSA) is 141 Å². The van der Waals surface area contributed by atoms with Crippen LogP contribution in [-0.2, 0) is 4.79 Å². The average molecular weight is 561 g/mol. The summed E-state index contributed by atoms with van der Waals surface area (Å²) in [5.41, 5.74) is 0.955. The molecule has 1 aliphatic heterocycles. The number of aryl methyl sites for hydroxylation is 2. The van der Waals surface area contributed by atoms with Crippen molar-refractivity contribution >= 4 is 23.4 Å². The quantitative estimate of drug-likeness (QED) is 0.436. The maximum atomic E-state index is 13.6. The van der Waals surface area contributed by atoms with Crippen LogP contribution in [-0.4, -0.2) is 44.5 Å². The van der Waals surface area contributed by atoms with Gasteiger partial charge in [-0.2, -0.15) is 10.4 Å². The third kappa shape index (κ3) is 5.29. The molecule has 2 unspecified atom stereocenters. The zero-order chi connectivity index (χ0) is 28.4. The normalized spacial score (nSPS) is 19.4. The van der Waals surface area contributed by atoms with Gasteiger partial charge in [0.1, 0.15) is 11.4 Å². The summed E-state index contributed by atoms with van der Waals surface area (Å²) in [5.74, 6) is -0.396. The second kappa shape index (κ2) is 11.1. The molecule has 0 spiro atoms. The van der Waals surface area contributed by atoms with Crippen LogP contribution in [0.15, 0.2) is 47.3 Å². The molecular weight excluding hydrogens is 532 g/mol. The van der Waals surface area contributed by atoms with Gasteiger partial charge in [-0.1, -0.05) is 30.2 Å². The predicted molar refractivity (Wildman–Crippen MR) is 147 cm³/mol. The highest BCUT2D eigenvalue weighted by Crippen LogP contribution is 2.52. The number of carbonyl (C=O) groups is 2. The van der Waals surface area contributed by atoms with Crippen LogP contribution in [0, 0.1) is 30.6 Å². The molecule has 2 N–H and O–H groups in total. The van der Waals surface area contributed by atoms with E-state index in [2.05, 4.69) is 26.6 Å². The van der Waals surface area contributed by atoms with Gasteiger partial charge in [0.15, 0.2) is 5.75 Å². The average Bonchev–Trinajstić information content (AvgIpc) is 3.35. The molecule has 10 nitrogen and oxygen atoms in total. The Labute approximate surface area is 236 Å². The van der Waals surface area contributed by atoms with E-state index in [-0.39, 0.29) is 36.0 Å². The molecule has 2 fully saturated rings. The molecule has 206 valence electrons. The number of benzene rings is 1. The number of rotatable bonds is 7. The number of aromatic nitrogens is 3. The van der Waals surface area contributed by atoms with E-state index in [0.29, 0.717) is 28.6 Å². The van der Waals surface area contributed by atoms with E-state index in [4.69, 9.17) is 16.3 Å². The zero-order valence-corrected chi connectivity index (χ0v) is 23.0. The van der Waals surface area contributed by atoms with Crippen molar-refractivity contribution in [2.75, 3.05) is 6.54 Å². The molecule has 0 radical (unpaired) electrons. The first-order valence-electron chi connectivity index (χ1n) is 13.2. The predicted octanol–water partition coefficient (Wildman–Crippen LogP) is 4.38. The Balaban J connectivity index is 1.30. The summed E-state index contributed by atoms with van der Waals surface area (Å²) >= 11 is 6.25. The van der Waals surface area contributed by atoms with Crippen LogP contribution in [0.25, 0.3) is 0 Å². The largest absolute Gasteiger partial charge is 0.450 e. The summed E-state index contributed by atoms with van der Waals surface area (Å²) in [6, 6.07) is 14.0. The first-order chi connectivity index (χ1) is 19.2. The number of halogens is 1. The van der Waals surface area contributed by atoms with Crippen LogP contribution in [0.5, 0.6) is 11.5 Å². The number of nitriles is 1. The minimum atomic E-state index is -0.559. The lowest BCUT2D eigenvalue weighted by Gasteiger charge is -2.45. The molecule has 11 heteroatoms. The van der Waals surface area contributed by atoms with E-state index in [1.165, 1.54) is 12.1 Å². The molecule has 1 saturated carbocycles. The van der Waals surface area contributed by atoms with Gasteiger partial charge in [-0.25, -0.2) is 10.1 Å². The van der Waals surface area contributed by atoms with Crippen molar-refractivity contribution in [1.82, 2.24) is 25.4 Å². The van der Waals surface area contributed by atoms with Crippen LogP contribution in [0.3, 0.4) is 0 Å². The molecule has 2 amide bonds. The lowest BCUT2D eigenvalue weighted by atomic mass is 9.64. The monoisotopic (exact) mass is 560 g/mol. The number of amides is 2. The minimum absolute atomic E-state index is 0.0660. The molecule has 5 rings (SSSR count). The van der Waals surface area contributed by atoms with Gasteiger partial charge >= 0.3 is 5.56 Å². The van der Waals surface area contributed by atoms with Gasteiger partial charge in [0.2, 0.25) is 5.91 Å². The summed E-state index contributed by atoms with van der Waals surface area (Å²) in [4.78, 5) is 44.7. The summed E-state index contributed by atoms with van der Waals surface area (Å²) in [6.07, 6.45) is 3.91. The van der Waals surface area contributed by atoms with Crippen molar-refractivity contribution in [3.8, 4) is 17.6 Å². The fraction of sp³-hybridized carbons (Fsp3) is 0.379. The van der Waals surface area contributed by atoms with E-state index < -0.39 is 16.9 Å². The number of ether oxygens (including phenoxy) is 1. The van der Waals surface area contributed by atoms with Crippen molar-refractivity contribution in [2.45, 2.75) is 58.0 Å². The maximum Gasteiger partial charge on any atom is 0.307 e. The Morgan fingerprint density at radius 2 is 2.00 bits per heavy atom. The molecule has 3 aromatic rings. The van der Waals surface area contributed by atoms with Crippen LogP contribution in [0.2, 0.25) is 5.02 Å². The van der Waals surface area contributed by atoms with Crippen molar-refractivity contribution in [3.63, 3.8) is 0 Å². The second-order valence-corrected chi connectivity index (χ2v) is 10.8.